The van der Waals surface area contributed by atoms with Gasteiger partial charge in [-0.3, -0.25) is 4.98 Å². The van der Waals surface area contributed by atoms with E-state index in [0.29, 0.717) is 27.8 Å². The summed E-state index contributed by atoms with van der Waals surface area (Å²) < 4.78 is 60.9. The molecule has 2 heterocycles. The largest absolute Gasteiger partial charge is 0.482 e. The average Bonchev–Trinajstić information content (AvgIpc) is 2.62. The first-order valence-electron chi connectivity index (χ1n) is 8.72. The topological polar surface area (TPSA) is 42.4 Å². The first kappa shape index (κ1) is 18.7. The third kappa shape index (κ3) is 2.99. The fourth-order valence-electron chi connectivity index (χ4n) is 3.83. The molecule has 0 aliphatic carbocycles. The van der Waals surface area contributed by atoms with Crippen LogP contribution in [0.1, 0.15) is 24.5 Å². The van der Waals surface area contributed by atoms with Crippen molar-refractivity contribution in [1.29, 1.82) is 0 Å². The summed E-state index contributed by atoms with van der Waals surface area (Å²) in [5, 5.41) is 11.3. The summed E-state index contributed by atoms with van der Waals surface area (Å²) in [7, 11) is 0. The van der Waals surface area contributed by atoms with Crippen LogP contribution in [0.4, 0.5) is 17.6 Å². The highest BCUT2D eigenvalue weighted by Gasteiger charge is 2.59. The zero-order chi connectivity index (χ0) is 20.2. The van der Waals surface area contributed by atoms with E-state index in [4.69, 9.17) is 4.74 Å². The number of rotatable bonds is 4. The van der Waals surface area contributed by atoms with Crippen molar-refractivity contribution in [1.82, 2.24) is 4.98 Å². The predicted octanol–water partition coefficient (Wildman–Crippen LogP) is 4.91. The number of pyridine rings is 1. The van der Waals surface area contributed by atoms with E-state index in [-0.39, 0.29) is 0 Å². The van der Waals surface area contributed by atoms with Crippen LogP contribution < -0.4 is 4.74 Å². The van der Waals surface area contributed by atoms with Gasteiger partial charge in [-0.25, -0.2) is 4.39 Å². The molecule has 0 saturated heterocycles. The van der Waals surface area contributed by atoms with Crippen molar-refractivity contribution in [2.45, 2.75) is 37.1 Å². The van der Waals surface area contributed by atoms with Crippen molar-refractivity contribution >= 4 is 10.9 Å². The minimum atomic E-state index is -4.91. The molecule has 0 spiro atoms. The number of hydrogen-bond donors (Lipinski definition) is 1. The minimum absolute atomic E-state index is 0.315. The number of aromatic nitrogens is 1. The lowest BCUT2D eigenvalue weighted by Crippen LogP contribution is -2.54. The summed E-state index contributed by atoms with van der Waals surface area (Å²) in [6, 6.07) is 12.0. The number of aliphatic hydroxyl groups is 1. The quantitative estimate of drug-likeness (QED) is 0.643. The van der Waals surface area contributed by atoms with Gasteiger partial charge in [0.05, 0.1) is 5.52 Å². The molecule has 0 amide bonds. The Morgan fingerprint density at radius 3 is 2.61 bits per heavy atom. The first-order chi connectivity index (χ1) is 13.1. The van der Waals surface area contributed by atoms with Gasteiger partial charge in [-0.2, -0.15) is 13.2 Å². The molecular formula is C21H17F4NO2. The van der Waals surface area contributed by atoms with Crippen LogP contribution in [-0.4, -0.2) is 21.9 Å². The van der Waals surface area contributed by atoms with E-state index in [9.17, 15) is 22.7 Å². The van der Waals surface area contributed by atoms with Gasteiger partial charge in [0.25, 0.3) is 0 Å². The number of fused-ring (bicyclic) bond motifs is 2. The second-order valence-electron chi connectivity index (χ2n) is 7.34. The fraction of sp³-hybridized carbons (Fsp3) is 0.286. The summed E-state index contributed by atoms with van der Waals surface area (Å²) in [5.74, 6) is -0.244. The van der Waals surface area contributed by atoms with Crippen LogP contribution >= 0.6 is 0 Å². The second-order valence-corrected chi connectivity index (χ2v) is 7.34. The molecule has 1 aliphatic heterocycles. The molecule has 146 valence electrons. The van der Waals surface area contributed by atoms with Crippen LogP contribution in [0.5, 0.6) is 5.75 Å². The summed E-state index contributed by atoms with van der Waals surface area (Å²) in [4.78, 5) is 4.15. The predicted molar refractivity (Wildman–Crippen MR) is 95.4 cm³/mol. The third-order valence-corrected chi connectivity index (χ3v) is 5.23. The van der Waals surface area contributed by atoms with Crippen LogP contribution in [-0.2, 0) is 12.0 Å². The van der Waals surface area contributed by atoms with E-state index in [1.807, 2.05) is 0 Å². The Hall–Kier alpha value is -2.67. The standard InChI is InChI=1S/C21H17F4NO2/c1-19(16-10-14(22)6-7-18(16)28-19)12-20(27,21(23,24)25)11-13-8-9-26-17-5-3-2-4-15(13)17/h2-10,27H,11-12H2,1H3. The maximum Gasteiger partial charge on any atom is 0.417 e. The molecule has 7 heteroatoms. The molecule has 1 N–H and O–H groups in total. The zero-order valence-corrected chi connectivity index (χ0v) is 14.9. The van der Waals surface area contributed by atoms with Crippen LogP contribution in [0, 0.1) is 5.82 Å². The molecule has 1 aromatic heterocycles. The monoisotopic (exact) mass is 391 g/mol. The molecule has 0 fully saturated rings. The highest BCUT2D eigenvalue weighted by Crippen LogP contribution is 2.51. The van der Waals surface area contributed by atoms with Crippen molar-refractivity contribution in [2.24, 2.45) is 0 Å². The van der Waals surface area contributed by atoms with Crippen molar-refractivity contribution < 1.29 is 27.4 Å². The number of para-hydroxylation sites is 1. The van der Waals surface area contributed by atoms with Gasteiger partial charge in [0.1, 0.15) is 17.2 Å². The molecule has 3 nitrogen and oxygen atoms in total. The zero-order valence-electron chi connectivity index (χ0n) is 14.9. The van der Waals surface area contributed by atoms with Gasteiger partial charge in [-0.15, -0.1) is 0 Å². The van der Waals surface area contributed by atoms with Crippen LogP contribution in [0.3, 0.4) is 0 Å². The third-order valence-electron chi connectivity index (χ3n) is 5.23. The maximum absolute atomic E-state index is 13.9. The summed E-state index contributed by atoms with van der Waals surface area (Å²) in [5.41, 5.74) is -3.31. The molecule has 2 aromatic carbocycles. The Balaban J connectivity index is 1.72. The van der Waals surface area contributed by atoms with Crippen LogP contribution in [0.2, 0.25) is 0 Å². The maximum atomic E-state index is 13.9. The number of alkyl halides is 3. The van der Waals surface area contributed by atoms with Crippen molar-refractivity contribution in [3.05, 3.63) is 71.7 Å². The van der Waals surface area contributed by atoms with E-state index < -0.39 is 36.0 Å². The Morgan fingerprint density at radius 1 is 1.11 bits per heavy atom. The molecule has 2 atom stereocenters. The van der Waals surface area contributed by atoms with E-state index in [1.54, 1.807) is 24.3 Å². The summed E-state index contributed by atoms with van der Waals surface area (Å²) >= 11 is 0. The molecule has 0 saturated carbocycles. The number of ether oxygens (including phenoxy) is 1. The Kier molecular flexibility index (Phi) is 4.12. The summed E-state index contributed by atoms with van der Waals surface area (Å²) in [6.45, 7) is 1.43. The molecular weight excluding hydrogens is 374 g/mol. The lowest BCUT2D eigenvalue weighted by atomic mass is 9.76. The molecule has 3 aromatic rings. The van der Waals surface area contributed by atoms with Gasteiger partial charge in [0.15, 0.2) is 5.60 Å². The molecule has 1 aliphatic rings. The van der Waals surface area contributed by atoms with Crippen LogP contribution in [0.25, 0.3) is 10.9 Å². The fourth-order valence-corrected chi connectivity index (χ4v) is 3.83. The molecule has 0 bridgehead atoms. The highest BCUT2D eigenvalue weighted by atomic mass is 19.4. The lowest BCUT2D eigenvalue weighted by Gasteiger charge is -2.46. The first-order valence-corrected chi connectivity index (χ1v) is 8.72. The molecule has 0 radical (unpaired) electrons. The second kappa shape index (κ2) is 6.17. The Morgan fingerprint density at radius 2 is 1.86 bits per heavy atom. The van der Waals surface area contributed by atoms with Crippen molar-refractivity contribution in [3.8, 4) is 5.75 Å². The van der Waals surface area contributed by atoms with Gasteiger partial charge < -0.3 is 9.84 Å². The lowest BCUT2D eigenvalue weighted by molar-refractivity contribution is -0.275. The van der Waals surface area contributed by atoms with Crippen molar-refractivity contribution in [2.75, 3.05) is 0 Å². The van der Waals surface area contributed by atoms with E-state index in [2.05, 4.69) is 4.98 Å². The average molecular weight is 391 g/mol. The van der Waals surface area contributed by atoms with Crippen molar-refractivity contribution in [3.63, 3.8) is 0 Å². The normalized spacial score (nSPS) is 20.8. The van der Waals surface area contributed by atoms with Gasteiger partial charge in [-0.05, 0) is 42.8 Å². The number of nitrogens with zero attached hydrogens (tertiary/aromatic N) is 1. The number of benzene rings is 2. The van der Waals surface area contributed by atoms with Crippen LogP contribution in [0.15, 0.2) is 54.7 Å². The Labute approximate surface area is 158 Å². The molecule has 28 heavy (non-hydrogen) atoms. The summed E-state index contributed by atoms with van der Waals surface area (Å²) in [6.07, 6.45) is -4.91. The van der Waals surface area contributed by atoms with E-state index >= 15 is 0 Å². The van der Waals surface area contributed by atoms with Gasteiger partial charge in [0, 0.05) is 30.0 Å². The Bertz CT molecular complexity index is 1050. The van der Waals surface area contributed by atoms with E-state index in [1.165, 1.54) is 31.3 Å². The molecule has 2 unspecified atom stereocenters. The highest BCUT2D eigenvalue weighted by molar-refractivity contribution is 5.81. The van der Waals surface area contributed by atoms with Gasteiger partial charge in [0.2, 0.25) is 0 Å². The molecule has 4 rings (SSSR count). The minimum Gasteiger partial charge on any atom is -0.482 e. The number of hydrogen-bond acceptors (Lipinski definition) is 3. The van der Waals surface area contributed by atoms with E-state index in [0.717, 1.165) is 6.07 Å². The SMILES string of the molecule is CC1(CC(O)(Cc2ccnc3ccccc23)C(F)(F)F)Oc2ccc(F)cc21. The van der Waals surface area contributed by atoms with Gasteiger partial charge in [-0.1, -0.05) is 18.2 Å². The number of halogens is 4. The van der Waals surface area contributed by atoms with Gasteiger partial charge >= 0.3 is 6.18 Å². The smallest absolute Gasteiger partial charge is 0.417 e.